The van der Waals surface area contributed by atoms with E-state index in [0.29, 0.717) is 0 Å². The van der Waals surface area contributed by atoms with Gasteiger partial charge in [0.15, 0.2) is 0 Å². The largest absolute Gasteiger partial charge is 0.359 e. The number of hydrogen-bond acceptors (Lipinski definition) is 0. The molecule has 0 saturated heterocycles. The van der Waals surface area contributed by atoms with Gasteiger partial charge in [-0.05, 0) is 42.7 Å². The van der Waals surface area contributed by atoms with Crippen LogP contribution in [0.4, 0.5) is 0 Å². The van der Waals surface area contributed by atoms with Crippen molar-refractivity contribution in [1.82, 2.24) is 4.98 Å². The van der Waals surface area contributed by atoms with Crippen molar-refractivity contribution in [3.05, 3.63) is 59.8 Å². The zero-order valence-corrected chi connectivity index (χ0v) is 10.1. The van der Waals surface area contributed by atoms with Crippen LogP contribution in [0.2, 0.25) is 0 Å². The van der Waals surface area contributed by atoms with Crippen molar-refractivity contribution in [3.63, 3.8) is 0 Å². The van der Waals surface area contributed by atoms with Gasteiger partial charge in [-0.15, -0.1) is 0 Å². The zero-order valence-electron chi connectivity index (χ0n) is 10.1. The van der Waals surface area contributed by atoms with Crippen LogP contribution in [0.15, 0.2) is 48.5 Å². The summed E-state index contributed by atoms with van der Waals surface area (Å²) < 4.78 is 0. The van der Waals surface area contributed by atoms with E-state index in [9.17, 15) is 0 Å². The molecule has 0 saturated carbocycles. The Balaban J connectivity index is 2.35. The van der Waals surface area contributed by atoms with Gasteiger partial charge in [-0.1, -0.05) is 36.4 Å². The van der Waals surface area contributed by atoms with E-state index in [1.165, 1.54) is 33.3 Å². The Morgan fingerprint density at radius 3 is 2.41 bits per heavy atom. The first-order valence-corrected chi connectivity index (χ1v) is 5.89. The molecule has 2 aromatic carbocycles. The van der Waals surface area contributed by atoms with Crippen LogP contribution in [-0.2, 0) is 0 Å². The van der Waals surface area contributed by atoms with Crippen LogP contribution in [-0.4, -0.2) is 4.98 Å². The molecule has 3 aromatic rings. The molecule has 1 heteroatoms. The summed E-state index contributed by atoms with van der Waals surface area (Å²) in [5, 5.41) is 1.30. The fourth-order valence-electron chi connectivity index (χ4n) is 2.38. The van der Waals surface area contributed by atoms with Crippen molar-refractivity contribution >= 4 is 10.9 Å². The molecule has 1 aromatic heterocycles. The fraction of sp³-hybridized carbons (Fsp3) is 0.125. The molecule has 0 aliphatic carbocycles. The van der Waals surface area contributed by atoms with E-state index in [0.717, 1.165) is 0 Å². The van der Waals surface area contributed by atoms with Gasteiger partial charge in [0.2, 0.25) is 0 Å². The second-order valence-corrected chi connectivity index (χ2v) is 4.59. The Morgan fingerprint density at radius 1 is 0.882 bits per heavy atom. The smallest absolute Gasteiger partial charge is 0.0464 e. The molecular formula is C16H15N. The maximum Gasteiger partial charge on any atom is 0.0464 e. The lowest BCUT2D eigenvalue weighted by molar-refractivity contribution is 1.30. The Hall–Kier alpha value is -2.02. The number of aromatic nitrogens is 1. The Labute approximate surface area is 101 Å². The summed E-state index contributed by atoms with van der Waals surface area (Å²) in [7, 11) is 0. The van der Waals surface area contributed by atoms with Crippen molar-refractivity contribution in [2.24, 2.45) is 0 Å². The number of fused-ring (bicyclic) bond motifs is 1. The number of aryl methyl sites for hydroxylation is 2. The molecule has 0 aliphatic rings. The van der Waals surface area contributed by atoms with Gasteiger partial charge in [-0.3, -0.25) is 0 Å². The maximum atomic E-state index is 3.41. The van der Waals surface area contributed by atoms with Crippen molar-refractivity contribution in [2.75, 3.05) is 0 Å². The van der Waals surface area contributed by atoms with Gasteiger partial charge in [0.1, 0.15) is 0 Å². The van der Waals surface area contributed by atoms with Gasteiger partial charge >= 0.3 is 0 Å². The molecular weight excluding hydrogens is 206 g/mol. The van der Waals surface area contributed by atoms with Gasteiger partial charge in [0.05, 0.1) is 0 Å². The Kier molecular flexibility index (Phi) is 2.25. The van der Waals surface area contributed by atoms with Crippen LogP contribution in [0.3, 0.4) is 0 Å². The van der Waals surface area contributed by atoms with Crippen molar-refractivity contribution in [1.29, 1.82) is 0 Å². The molecule has 0 aliphatic heterocycles. The molecule has 84 valence electrons. The average Bonchev–Trinajstić information content (AvgIpc) is 2.69. The summed E-state index contributed by atoms with van der Waals surface area (Å²) in [4.78, 5) is 3.41. The monoisotopic (exact) mass is 221 g/mol. The first-order valence-electron chi connectivity index (χ1n) is 5.89. The maximum absolute atomic E-state index is 3.41. The molecule has 3 rings (SSSR count). The molecule has 0 radical (unpaired) electrons. The van der Waals surface area contributed by atoms with E-state index in [1.807, 2.05) is 0 Å². The lowest BCUT2D eigenvalue weighted by atomic mass is 9.99. The number of benzene rings is 2. The Morgan fingerprint density at radius 2 is 1.65 bits per heavy atom. The zero-order chi connectivity index (χ0) is 11.8. The molecule has 0 spiro atoms. The lowest BCUT2D eigenvalue weighted by Gasteiger charge is -2.05. The van der Waals surface area contributed by atoms with Gasteiger partial charge in [-0.25, -0.2) is 0 Å². The number of rotatable bonds is 1. The van der Waals surface area contributed by atoms with Crippen LogP contribution in [0.25, 0.3) is 22.0 Å². The van der Waals surface area contributed by atoms with Crippen molar-refractivity contribution in [2.45, 2.75) is 13.8 Å². The molecule has 1 N–H and O–H groups in total. The SMILES string of the molecule is Cc1cc(-c2ccccc2)c2cc(C)[nH]c2c1. The normalized spacial score (nSPS) is 10.9. The first kappa shape index (κ1) is 10.2. The minimum Gasteiger partial charge on any atom is -0.359 e. The third kappa shape index (κ3) is 1.74. The van der Waals surface area contributed by atoms with Crippen molar-refractivity contribution < 1.29 is 0 Å². The summed E-state index contributed by atoms with van der Waals surface area (Å²) >= 11 is 0. The molecule has 0 bridgehead atoms. The number of aromatic amines is 1. The van der Waals surface area contributed by atoms with Crippen LogP contribution in [0.5, 0.6) is 0 Å². The van der Waals surface area contributed by atoms with E-state index < -0.39 is 0 Å². The fourth-order valence-corrected chi connectivity index (χ4v) is 2.38. The van der Waals surface area contributed by atoms with Gasteiger partial charge in [-0.2, -0.15) is 0 Å². The summed E-state index contributed by atoms with van der Waals surface area (Å²) in [6.45, 7) is 4.24. The highest BCUT2D eigenvalue weighted by atomic mass is 14.7. The van der Waals surface area contributed by atoms with Crippen LogP contribution in [0.1, 0.15) is 11.3 Å². The van der Waals surface area contributed by atoms with Crippen LogP contribution >= 0.6 is 0 Å². The van der Waals surface area contributed by atoms with E-state index in [-0.39, 0.29) is 0 Å². The van der Waals surface area contributed by atoms with E-state index in [1.54, 1.807) is 0 Å². The third-order valence-corrected chi connectivity index (χ3v) is 3.10. The molecule has 0 atom stereocenters. The summed E-state index contributed by atoms with van der Waals surface area (Å²) in [5.41, 5.74) is 6.31. The van der Waals surface area contributed by atoms with E-state index in [2.05, 4.69) is 67.4 Å². The molecule has 1 heterocycles. The average molecular weight is 221 g/mol. The van der Waals surface area contributed by atoms with E-state index >= 15 is 0 Å². The number of H-pyrrole nitrogens is 1. The second kappa shape index (κ2) is 3.77. The van der Waals surface area contributed by atoms with E-state index in [4.69, 9.17) is 0 Å². The summed E-state index contributed by atoms with van der Waals surface area (Å²) in [5.74, 6) is 0. The standard InChI is InChI=1S/C16H15N/c1-11-8-14(13-6-4-3-5-7-13)15-10-12(2)17-16(15)9-11/h3-10,17H,1-2H3. The highest BCUT2D eigenvalue weighted by Gasteiger charge is 2.06. The highest BCUT2D eigenvalue weighted by molar-refractivity contribution is 5.96. The predicted octanol–water partition coefficient (Wildman–Crippen LogP) is 4.45. The number of nitrogens with one attached hydrogen (secondary N) is 1. The van der Waals surface area contributed by atoms with Crippen LogP contribution in [0, 0.1) is 13.8 Å². The third-order valence-electron chi connectivity index (χ3n) is 3.10. The summed E-state index contributed by atoms with van der Waals surface area (Å²) in [6.07, 6.45) is 0. The second-order valence-electron chi connectivity index (χ2n) is 4.59. The molecule has 17 heavy (non-hydrogen) atoms. The first-order chi connectivity index (χ1) is 8.24. The van der Waals surface area contributed by atoms with Crippen molar-refractivity contribution in [3.8, 4) is 11.1 Å². The van der Waals surface area contributed by atoms with Gasteiger partial charge in [0, 0.05) is 16.6 Å². The van der Waals surface area contributed by atoms with Gasteiger partial charge < -0.3 is 4.98 Å². The molecule has 1 nitrogen and oxygen atoms in total. The minimum atomic E-state index is 1.21. The summed E-state index contributed by atoms with van der Waals surface area (Å²) in [6, 6.07) is 17.2. The highest BCUT2D eigenvalue weighted by Crippen LogP contribution is 2.30. The number of hydrogen-bond donors (Lipinski definition) is 1. The minimum absolute atomic E-state index is 1.21. The molecule has 0 amide bonds. The van der Waals surface area contributed by atoms with Gasteiger partial charge in [0.25, 0.3) is 0 Å². The molecule has 0 unspecified atom stereocenters. The quantitative estimate of drug-likeness (QED) is 0.624. The Bertz CT molecular complexity index is 663. The molecule has 0 fully saturated rings. The topological polar surface area (TPSA) is 15.8 Å². The lowest BCUT2D eigenvalue weighted by Crippen LogP contribution is -1.81. The van der Waals surface area contributed by atoms with Crippen LogP contribution < -0.4 is 0 Å². The predicted molar refractivity (Wildman–Crippen MR) is 73.2 cm³/mol.